The Morgan fingerprint density at radius 1 is 1.28 bits per heavy atom. The van der Waals surface area contributed by atoms with Gasteiger partial charge in [-0.2, -0.15) is 0 Å². The van der Waals surface area contributed by atoms with Gasteiger partial charge in [0.2, 0.25) is 11.0 Å². The van der Waals surface area contributed by atoms with E-state index in [-0.39, 0.29) is 11.9 Å². The zero-order valence-corrected chi connectivity index (χ0v) is 14.9. The van der Waals surface area contributed by atoms with E-state index in [2.05, 4.69) is 20.8 Å². The Labute approximate surface area is 150 Å². The lowest BCUT2D eigenvalue weighted by Gasteiger charge is -2.23. The fourth-order valence-corrected chi connectivity index (χ4v) is 3.48. The lowest BCUT2D eigenvalue weighted by molar-refractivity contribution is -0.119. The van der Waals surface area contributed by atoms with E-state index in [0.29, 0.717) is 24.6 Å². The number of carbonyl (C=O) groups is 2. The molecule has 0 saturated carbocycles. The first-order valence-corrected chi connectivity index (χ1v) is 9.20. The Kier molecular flexibility index (Phi) is 5.60. The number of aryl methyl sites for hydroxylation is 1. The van der Waals surface area contributed by atoms with Crippen LogP contribution < -0.4 is 10.6 Å². The summed E-state index contributed by atoms with van der Waals surface area (Å²) in [6.07, 6.45) is 2.25. The summed E-state index contributed by atoms with van der Waals surface area (Å²) in [5, 5.41) is 15.0. The quantitative estimate of drug-likeness (QED) is 0.858. The summed E-state index contributed by atoms with van der Waals surface area (Å²) in [5.74, 6) is -0.203. The smallest absolute Gasteiger partial charge is 0.318 e. The molecule has 3 rings (SSSR count). The minimum atomic E-state index is -0.468. The number of anilines is 1. The average molecular weight is 359 g/mol. The van der Waals surface area contributed by atoms with Crippen molar-refractivity contribution in [2.24, 2.45) is 0 Å². The number of carbonyl (C=O) groups excluding carboxylic acids is 2. The Bertz CT molecular complexity index is 734. The molecule has 1 aromatic heterocycles. The monoisotopic (exact) mass is 359 g/mol. The molecule has 25 heavy (non-hydrogen) atoms. The number of urea groups is 1. The molecule has 1 aromatic carbocycles. The maximum absolute atomic E-state index is 12.5. The van der Waals surface area contributed by atoms with Crippen molar-refractivity contribution in [1.82, 2.24) is 20.4 Å². The van der Waals surface area contributed by atoms with Gasteiger partial charge in [0.15, 0.2) is 0 Å². The van der Waals surface area contributed by atoms with Gasteiger partial charge in [0.1, 0.15) is 11.0 Å². The summed E-state index contributed by atoms with van der Waals surface area (Å²) in [4.78, 5) is 26.6. The van der Waals surface area contributed by atoms with E-state index in [1.54, 1.807) is 4.90 Å². The molecule has 0 spiro atoms. The van der Waals surface area contributed by atoms with Crippen LogP contribution in [0.4, 0.5) is 9.93 Å². The van der Waals surface area contributed by atoms with Crippen molar-refractivity contribution >= 4 is 28.4 Å². The van der Waals surface area contributed by atoms with E-state index in [0.717, 1.165) is 23.4 Å². The molecular formula is C17H21N5O2S. The van der Waals surface area contributed by atoms with Gasteiger partial charge in [-0.15, -0.1) is 10.2 Å². The van der Waals surface area contributed by atoms with Crippen molar-refractivity contribution in [2.75, 3.05) is 11.9 Å². The second-order valence-corrected chi connectivity index (χ2v) is 6.90. The van der Waals surface area contributed by atoms with Crippen LogP contribution in [0.5, 0.6) is 0 Å². The number of hydrogen-bond acceptors (Lipinski definition) is 5. The molecule has 3 amide bonds. The highest BCUT2D eigenvalue weighted by molar-refractivity contribution is 7.15. The molecule has 8 heteroatoms. The number of benzene rings is 1. The van der Waals surface area contributed by atoms with Gasteiger partial charge in [-0.1, -0.05) is 48.6 Å². The molecule has 2 aromatic rings. The number of rotatable bonds is 5. The second kappa shape index (κ2) is 8.06. The van der Waals surface area contributed by atoms with Crippen LogP contribution in [-0.2, 0) is 17.8 Å². The minimum absolute atomic E-state index is 0.203. The highest BCUT2D eigenvalue weighted by Gasteiger charge is 2.34. The highest BCUT2D eigenvalue weighted by Crippen LogP contribution is 2.21. The number of likely N-dealkylation sites (tertiary alicyclic amines) is 1. The van der Waals surface area contributed by atoms with E-state index >= 15 is 0 Å². The molecule has 132 valence electrons. The summed E-state index contributed by atoms with van der Waals surface area (Å²) in [7, 11) is 0. The van der Waals surface area contributed by atoms with E-state index in [1.807, 2.05) is 37.3 Å². The van der Waals surface area contributed by atoms with Crippen LogP contribution in [-0.4, -0.2) is 39.6 Å². The average Bonchev–Trinajstić information content (AvgIpc) is 3.29. The maximum Gasteiger partial charge on any atom is 0.318 e. The molecular weight excluding hydrogens is 338 g/mol. The first kappa shape index (κ1) is 17.3. The highest BCUT2D eigenvalue weighted by atomic mass is 32.1. The predicted molar refractivity (Wildman–Crippen MR) is 96.3 cm³/mol. The standard InChI is InChI=1S/C17H21N5O2S/c1-2-14-20-21-16(25-14)19-15(23)13-9-6-10-22(13)17(24)18-11-12-7-4-3-5-8-12/h3-5,7-8,13H,2,6,9-11H2,1H3,(H,18,24)(H,19,21,23)/t13-/m0/s1. The molecule has 2 heterocycles. The fraction of sp³-hybridized carbons (Fsp3) is 0.412. The number of amides is 3. The SMILES string of the molecule is CCc1nnc(NC(=O)[C@@H]2CCCN2C(=O)NCc2ccccc2)s1. The van der Waals surface area contributed by atoms with E-state index in [1.165, 1.54) is 11.3 Å². The van der Waals surface area contributed by atoms with Crippen molar-refractivity contribution in [1.29, 1.82) is 0 Å². The van der Waals surface area contributed by atoms with Gasteiger partial charge in [0.05, 0.1) is 0 Å². The zero-order valence-electron chi connectivity index (χ0n) is 14.1. The van der Waals surface area contributed by atoms with Crippen LogP contribution in [0.2, 0.25) is 0 Å². The third-order valence-corrected chi connectivity index (χ3v) is 5.09. The van der Waals surface area contributed by atoms with Gasteiger partial charge >= 0.3 is 6.03 Å². The third kappa shape index (κ3) is 4.33. The summed E-state index contributed by atoms with van der Waals surface area (Å²) in [5.41, 5.74) is 1.03. The second-order valence-electron chi connectivity index (χ2n) is 5.84. The fourth-order valence-electron chi connectivity index (χ4n) is 2.79. The molecule has 1 aliphatic rings. The van der Waals surface area contributed by atoms with E-state index < -0.39 is 6.04 Å². The molecule has 0 unspecified atom stereocenters. The zero-order chi connectivity index (χ0) is 17.6. The van der Waals surface area contributed by atoms with Crippen molar-refractivity contribution in [3.8, 4) is 0 Å². The van der Waals surface area contributed by atoms with Gasteiger partial charge in [-0.05, 0) is 24.8 Å². The summed E-state index contributed by atoms with van der Waals surface area (Å²) < 4.78 is 0. The number of aromatic nitrogens is 2. The summed E-state index contributed by atoms with van der Waals surface area (Å²) in [6, 6.07) is 9.02. The predicted octanol–water partition coefficient (Wildman–Crippen LogP) is 2.41. The molecule has 0 bridgehead atoms. The summed E-state index contributed by atoms with van der Waals surface area (Å²) >= 11 is 1.36. The van der Waals surface area contributed by atoms with E-state index in [9.17, 15) is 9.59 Å². The molecule has 7 nitrogen and oxygen atoms in total. The molecule has 0 radical (unpaired) electrons. The van der Waals surface area contributed by atoms with Crippen LogP contribution in [0, 0.1) is 0 Å². The Morgan fingerprint density at radius 2 is 2.08 bits per heavy atom. The van der Waals surface area contributed by atoms with Crippen LogP contribution in [0.1, 0.15) is 30.3 Å². The van der Waals surface area contributed by atoms with Crippen LogP contribution in [0.25, 0.3) is 0 Å². The Morgan fingerprint density at radius 3 is 2.80 bits per heavy atom. The lowest BCUT2D eigenvalue weighted by Crippen LogP contribution is -2.47. The van der Waals surface area contributed by atoms with Gasteiger partial charge in [-0.3, -0.25) is 10.1 Å². The molecule has 1 fully saturated rings. The van der Waals surface area contributed by atoms with Crippen LogP contribution in [0.15, 0.2) is 30.3 Å². The third-order valence-electron chi connectivity index (χ3n) is 4.10. The molecule has 1 saturated heterocycles. The van der Waals surface area contributed by atoms with Crippen LogP contribution >= 0.6 is 11.3 Å². The molecule has 0 aliphatic carbocycles. The van der Waals surface area contributed by atoms with Gasteiger partial charge in [-0.25, -0.2) is 4.79 Å². The molecule has 2 N–H and O–H groups in total. The summed E-state index contributed by atoms with van der Waals surface area (Å²) in [6.45, 7) is 3.01. The lowest BCUT2D eigenvalue weighted by atomic mass is 10.2. The van der Waals surface area contributed by atoms with Gasteiger partial charge in [0, 0.05) is 13.1 Å². The van der Waals surface area contributed by atoms with Gasteiger partial charge < -0.3 is 10.2 Å². The number of nitrogens with zero attached hydrogens (tertiary/aromatic N) is 3. The first-order valence-electron chi connectivity index (χ1n) is 8.39. The topological polar surface area (TPSA) is 87.2 Å². The van der Waals surface area contributed by atoms with E-state index in [4.69, 9.17) is 0 Å². The van der Waals surface area contributed by atoms with Crippen molar-refractivity contribution in [3.05, 3.63) is 40.9 Å². The van der Waals surface area contributed by atoms with Gasteiger partial charge in [0.25, 0.3) is 0 Å². The Hall–Kier alpha value is -2.48. The molecule has 1 atom stereocenters. The van der Waals surface area contributed by atoms with Crippen molar-refractivity contribution < 1.29 is 9.59 Å². The number of hydrogen-bond donors (Lipinski definition) is 2. The first-order chi connectivity index (χ1) is 12.2. The van der Waals surface area contributed by atoms with Crippen molar-refractivity contribution in [2.45, 2.75) is 38.8 Å². The normalized spacial score (nSPS) is 16.7. The largest absolute Gasteiger partial charge is 0.334 e. The maximum atomic E-state index is 12.5. The minimum Gasteiger partial charge on any atom is -0.334 e. The number of nitrogens with one attached hydrogen (secondary N) is 2. The Balaban J connectivity index is 1.57. The molecule has 1 aliphatic heterocycles. The van der Waals surface area contributed by atoms with Crippen molar-refractivity contribution in [3.63, 3.8) is 0 Å². The van der Waals surface area contributed by atoms with Crippen LogP contribution in [0.3, 0.4) is 0 Å².